The highest BCUT2D eigenvalue weighted by molar-refractivity contribution is 7.95. The molecule has 3 amide bonds. The van der Waals surface area contributed by atoms with Gasteiger partial charge in [-0.3, -0.25) is 18.8 Å². The Morgan fingerprint density at radius 3 is 2.24 bits per heavy atom. The summed E-state index contributed by atoms with van der Waals surface area (Å²) in [6.45, 7) is 9.36. The number of aryl methyl sites for hydroxylation is 1. The second-order valence-electron chi connectivity index (χ2n) is 13.6. The smallest absolute Gasteiger partial charge is 0.410 e. The second kappa shape index (κ2) is 14.4. The van der Waals surface area contributed by atoms with Crippen LogP contribution < -0.4 is 13.9 Å². The molecule has 0 atom stereocenters. The van der Waals surface area contributed by atoms with Crippen molar-refractivity contribution < 1.29 is 32.3 Å². The van der Waals surface area contributed by atoms with E-state index < -0.39 is 15.6 Å². The quantitative estimate of drug-likeness (QED) is 0.123. The van der Waals surface area contributed by atoms with Gasteiger partial charge in [0.15, 0.2) is 0 Å². The van der Waals surface area contributed by atoms with Gasteiger partial charge in [0.1, 0.15) is 15.6 Å². The number of hydrogen-bond donors (Lipinski definition) is 0. The van der Waals surface area contributed by atoms with Crippen LogP contribution in [0.3, 0.4) is 0 Å². The van der Waals surface area contributed by atoms with Gasteiger partial charge in [-0.05, 0) is 100 Å². The molecule has 6 rings (SSSR count). The lowest BCUT2D eigenvalue weighted by Crippen LogP contribution is -2.50. The first-order valence-corrected chi connectivity index (χ1v) is 19.4. The number of fused-ring (bicyclic) bond motifs is 2. The van der Waals surface area contributed by atoms with E-state index >= 15 is 0 Å². The summed E-state index contributed by atoms with van der Waals surface area (Å²) in [5, 5.41) is 1.29. The predicted octanol–water partition coefficient (Wildman–Crippen LogP) is 7.20. The molecule has 0 saturated carbocycles. The lowest BCUT2D eigenvalue weighted by molar-refractivity contribution is 0.0240. The third kappa shape index (κ3) is 7.38. The molecule has 1 aromatic heterocycles. The Labute approximate surface area is 307 Å². The van der Waals surface area contributed by atoms with Crippen LogP contribution in [0.5, 0.6) is 5.75 Å². The van der Waals surface area contributed by atoms with Crippen molar-refractivity contribution in [1.82, 2.24) is 9.80 Å². The second-order valence-corrected chi connectivity index (χ2v) is 17.1. The summed E-state index contributed by atoms with van der Waals surface area (Å²) in [6.07, 6.45) is 0.397. The highest BCUT2D eigenvalue weighted by Crippen LogP contribution is 2.40. The molecule has 0 aliphatic carbocycles. The fourth-order valence-corrected chi connectivity index (χ4v) is 9.92. The largest absolute Gasteiger partial charge is 0.495 e. The molecular formula is C37H41ClN4O7S2. The Hall–Kier alpha value is -4.33. The number of carbonyl (C=O) groups excluding carboxylic acids is 3. The summed E-state index contributed by atoms with van der Waals surface area (Å²) in [4.78, 5) is 43.6. The fourth-order valence-electron chi connectivity index (χ4n) is 6.41. The number of sulfonamides is 1. The van der Waals surface area contributed by atoms with Crippen molar-refractivity contribution in [2.24, 2.45) is 0 Å². The Kier molecular flexibility index (Phi) is 10.3. The number of carbonyl (C=O) groups is 3. The minimum Gasteiger partial charge on any atom is -0.495 e. The van der Waals surface area contributed by atoms with Crippen molar-refractivity contribution in [3.05, 3.63) is 82.4 Å². The van der Waals surface area contributed by atoms with E-state index in [2.05, 4.69) is 4.90 Å². The fraction of sp³-hybridized carbons (Fsp3) is 0.378. The molecule has 51 heavy (non-hydrogen) atoms. The van der Waals surface area contributed by atoms with Crippen LogP contribution in [0.2, 0.25) is 5.02 Å². The van der Waals surface area contributed by atoms with E-state index in [0.29, 0.717) is 77.9 Å². The van der Waals surface area contributed by atoms with Crippen LogP contribution in [0.25, 0.3) is 10.1 Å². The molecule has 4 aromatic rings. The molecule has 0 bridgehead atoms. The SMILES string of the molecule is COc1ccc(N(CCCCN2C(=O)c3ccccc3C2=O)S(=O)(=O)c2sc3ccc(Cl)cc3c2C)cc1N1CCN(C(=O)OC(C)(C)C)CC1. The molecule has 2 aliphatic rings. The summed E-state index contributed by atoms with van der Waals surface area (Å²) in [5.74, 6) is -0.113. The molecule has 2 aliphatic heterocycles. The lowest BCUT2D eigenvalue weighted by atomic mass is 10.1. The minimum absolute atomic E-state index is 0.0954. The van der Waals surface area contributed by atoms with Crippen molar-refractivity contribution in [1.29, 1.82) is 0 Å². The van der Waals surface area contributed by atoms with Gasteiger partial charge in [0.2, 0.25) is 0 Å². The molecule has 0 spiro atoms. The molecule has 270 valence electrons. The number of methoxy groups -OCH3 is 1. The molecule has 0 N–H and O–H groups in total. The summed E-state index contributed by atoms with van der Waals surface area (Å²) in [6, 6.07) is 17.4. The van der Waals surface area contributed by atoms with Gasteiger partial charge in [-0.2, -0.15) is 0 Å². The number of imide groups is 1. The first-order valence-electron chi connectivity index (χ1n) is 16.8. The number of ether oxygens (including phenoxy) is 2. The topological polar surface area (TPSA) is 117 Å². The highest BCUT2D eigenvalue weighted by Gasteiger charge is 2.35. The molecule has 3 aromatic carbocycles. The Bertz CT molecular complexity index is 2070. The van der Waals surface area contributed by atoms with Crippen molar-refractivity contribution in [3.8, 4) is 5.75 Å². The molecular weight excluding hydrogens is 712 g/mol. The van der Waals surface area contributed by atoms with Crippen LogP contribution in [-0.4, -0.2) is 88.1 Å². The van der Waals surface area contributed by atoms with Crippen LogP contribution in [-0.2, 0) is 14.8 Å². The van der Waals surface area contributed by atoms with Crippen molar-refractivity contribution >= 4 is 72.3 Å². The Balaban J connectivity index is 1.28. The van der Waals surface area contributed by atoms with Crippen LogP contribution in [0.1, 0.15) is 59.9 Å². The zero-order valence-corrected chi connectivity index (χ0v) is 31.7. The lowest BCUT2D eigenvalue weighted by Gasteiger charge is -2.37. The normalized spacial score (nSPS) is 15.1. The Morgan fingerprint density at radius 1 is 0.941 bits per heavy atom. The summed E-state index contributed by atoms with van der Waals surface area (Å²) in [5.41, 5.74) is 1.90. The molecule has 0 unspecified atom stereocenters. The van der Waals surface area contributed by atoms with Crippen LogP contribution in [0.15, 0.2) is 64.9 Å². The highest BCUT2D eigenvalue weighted by atomic mass is 35.5. The van der Waals surface area contributed by atoms with E-state index in [4.69, 9.17) is 21.1 Å². The number of amides is 3. The summed E-state index contributed by atoms with van der Waals surface area (Å²) < 4.78 is 43.0. The number of benzene rings is 3. The van der Waals surface area contributed by atoms with Crippen LogP contribution in [0.4, 0.5) is 16.2 Å². The van der Waals surface area contributed by atoms with E-state index in [-0.39, 0.29) is 35.2 Å². The van der Waals surface area contributed by atoms with E-state index in [9.17, 15) is 22.8 Å². The molecule has 1 saturated heterocycles. The number of anilines is 2. The number of thiophene rings is 1. The van der Waals surface area contributed by atoms with Crippen molar-refractivity contribution in [3.63, 3.8) is 0 Å². The number of halogens is 1. The summed E-state index contributed by atoms with van der Waals surface area (Å²) in [7, 11) is -2.53. The molecule has 0 radical (unpaired) electrons. The monoisotopic (exact) mass is 752 g/mol. The van der Waals surface area contributed by atoms with Crippen LogP contribution in [0, 0.1) is 6.92 Å². The van der Waals surface area contributed by atoms with Gasteiger partial charge in [-0.1, -0.05) is 23.7 Å². The average Bonchev–Trinajstić information content (AvgIpc) is 3.56. The van der Waals surface area contributed by atoms with Gasteiger partial charge in [0, 0.05) is 49.0 Å². The third-order valence-electron chi connectivity index (χ3n) is 8.97. The summed E-state index contributed by atoms with van der Waals surface area (Å²) >= 11 is 7.48. The molecule has 1 fully saturated rings. The standard InChI is InChI=1S/C37H41ClN4O7S2/c1-24-29-22-25(38)12-15-32(29)50-35(24)51(46,47)42(17-9-8-16-41-33(43)27-10-6-7-11-28(27)34(41)44)26-13-14-31(48-5)30(23-26)39-18-20-40(21-19-39)36(45)49-37(2,3)4/h6-7,10-15,22-23H,8-9,16-21H2,1-5H3. The number of hydrogen-bond acceptors (Lipinski definition) is 9. The average molecular weight is 753 g/mol. The number of rotatable bonds is 10. The molecule has 3 heterocycles. The van der Waals surface area contributed by atoms with E-state index in [1.54, 1.807) is 67.5 Å². The van der Waals surface area contributed by atoms with Gasteiger partial charge < -0.3 is 19.3 Å². The maximum atomic E-state index is 14.7. The van der Waals surface area contributed by atoms with Gasteiger partial charge in [-0.25, -0.2) is 13.2 Å². The number of nitrogens with zero attached hydrogens (tertiary/aromatic N) is 4. The predicted molar refractivity (Wildman–Crippen MR) is 200 cm³/mol. The first-order chi connectivity index (χ1) is 24.2. The number of piperazine rings is 1. The van der Waals surface area contributed by atoms with E-state index in [1.807, 2.05) is 32.9 Å². The molecule has 11 nitrogen and oxygen atoms in total. The van der Waals surface area contributed by atoms with Gasteiger partial charge in [0.25, 0.3) is 21.8 Å². The van der Waals surface area contributed by atoms with E-state index in [1.165, 1.54) is 20.5 Å². The van der Waals surface area contributed by atoms with Gasteiger partial charge in [0.05, 0.1) is 29.6 Å². The molecule has 14 heteroatoms. The van der Waals surface area contributed by atoms with E-state index in [0.717, 1.165) is 10.1 Å². The number of unbranched alkanes of at least 4 members (excludes halogenated alkanes) is 1. The minimum atomic E-state index is -4.10. The first kappa shape index (κ1) is 36.5. The third-order valence-corrected chi connectivity index (χ3v) is 12.9. The van der Waals surface area contributed by atoms with Crippen LogP contribution >= 0.6 is 22.9 Å². The maximum absolute atomic E-state index is 14.7. The van der Waals surface area contributed by atoms with Crippen molar-refractivity contribution in [2.75, 3.05) is 55.6 Å². The zero-order chi connectivity index (χ0) is 36.7. The van der Waals surface area contributed by atoms with Gasteiger partial charge >= 0.3 is 6.09 Å². The van der Waals surface area contributed by atoms with Gasteiger partial charge in [-0.15, -0.1) is 11.3 Å². The maximum Gasteiger partial charge on any atom is 0.410 e. The Morgan fingerprint density at radius 2 is 1.61 bits per heavy atom. The van der Waals surface area contributed by atoms with Crippen molar-refractivity contribution in [2.45, 2.75) is 50.3 Å². The zero-order valence-electron chi connectivity index (χ0n) is 29.3.